The highest BCUT2D eigenvalue weighted by Crippen LogP contribution is 2.43. The molecule has 0 saturated carbocycles. The van der Waals surface area contributed by atoms with Gasteiger partial charge in [-0.05, 0) is 41.7 Å². The Labute approximate surface area is 210 Å². The average molecular weight is 485 g/mol. The molecular weight excluding hydrogens is 455 g/mol. The number of hydrogen-bond donors (Lipinski definition) is 0. The Morgan fingerprint density at radius 1 is 0.972 bits per heavy atom. The second-order valence-corrected chi connectivity index (χ2v) is 9.87. The van der Waals surface area contributed by atoms with E-state index in [1.807, 2.05) is 61.5 Å². The Balaban J connectivity index is 1.42. The smallest absolute Gasteiger partial charge is 0.241 e. The molecule has 2 heterocycles. The quantitative estimate of drug-likeness (QED) is 0.475. The Morgan fingerprint density at radius 2 is 1.67 bits per heavy atom. The van der Waals surface area contributed by atoms with Crippen LogP contribution in [-0.4, -0.2) is 40.6 Å². The van der Waals surface area contributed by atoms with Crippen LogP contribution in [0.4, 0.5) is 4.39 Å². The van der Waals surface area contributed by atoms with Gasteiger partial charge in [0, 0.05) is 31.8 Å². The molecule has 0 N–H and O–H groups in total. The highest BCUT2D eigenvalue weighted by molar-refractivity contribution is 6.10. The molecule has 0 aliphatic carbocycles. The molecule has 3 aromatic carbocycles. The SMILES string of the molecule is Cc1ccccc1C1(CC(=O)N2CCC(c3ccccc3F)C2)CC(=O)N(Cc2ccccc2)C1=O. The third kappa shape index (κ3) is 4.32. The largest absolute Gasteiger partial charge is 0.342 e. The van der Waals surface area contributed by atoms with Crippen LogP contribution in [0.5, 0.6) is 0 Å². The Kier molecular flexibility index (Phi) is 6.44. The number of rotatable bonds is 6. The summed E-state index contributed by atoms with van der Waals surface area (Å²) in [6, 6.07) is 23.6. The first kappa shape index (κ1) is 23.9. The van der Waals surface area contributed by atoms with E-state index in [-0.39, 0.29) is 48.8 Å². The predicted molar refractivity (Wildman–Crippen MR) is 134 cm³/mol. The molecule has 184 valence electrons. The molecule has 2 aliphatic rings. The Hall–Kier alpha value is -3.80. The van der Waals surface area contributed by atoms with E-state index in [0.717, 1.165) is 16.7 Å². The van der Waals surface area contributed by atoms with Crippen molar-refractivity contribution in [3.63, 3.8) is 0 Å². The molecule has 36 heavy (non-hydrogen) atoms. The van der Waals surface area contributed by atoms with Crippen LogP contribution in [-0.2, 0) is 26.3 Å². The van der Waals surface area contributed by atoms with Crippen molar-refractivity contribution in [3.05, 3.63) is 107 Å². The molecule has 0 bridgehead atoms. The van der Waals surface area contributed by atoms with Gasteiger partial charge in [0.25, 0.3) is 0 Å². The van der Waals surface area contributed by atoms with Crippen molar-refractivity contribution in [1.82, 2.24) is 9.80 Å². The maximum Gasteiger partial charge on any atom is 0.241 e. The van der Waals surface area contributed by atoms with Crippen molar-refractivity contribution in [2.24, 2.45) is 0 Å². The van der Waals surface area contributed by atoms with Crippen LogP contribution in [0.2, 0.25) is 0 Å². The van der Waals surface area contributed by atoms with Crippen LogP contribution in [0.1, 0.15) is 47.4 Å². The average Bonchev–Trinajstić information content (AvgIpc) is 3.45. The van der Waals surface area contributed by atoms with Crippen LogP contribution >= 0.6 is 0 Å². The van der Waals surface area contributed by atoms with E-state index in [1.54, 1.807) is 23.1 Å². The van der Waals surface area contributed by atoms with Gasteiger partial charge in [-0.25, -0.2) is 4.39 Å². The zero-order chi connectivity index (χ0) is 25.3. The van der Waals surface area contributed by atoms with Crippen molar-refractivity contribution < 1.29 is 18.8 Å². The van der Waals surface area contributed by atoms with Gasteiger partial charge in [-0.2, -0.15) is 0 Å². The maximum absolute atomic E-state index is 14.3. The lowest BCUT2D eigenvalue weighted by Crippen LogP contribution is -2.43. The van der Waals surface area contributed by atoms with Gasteiger partial charge in [-0.15, -0.1) is 0 Å². The first-order valence-corrected chi connectivity index (χ1v) is 12.4. The van der Waals surface area contributed by atoms with Gasteiger partial charge in [0.15, 0.2) is 0 Å². The fourth-order valence-corrected chi connectivity index (χ4v) is 5.70. The molecule has 2 aliphatic heterocycles. The molecule has 6 heteroatoms. The van der Waals surface area contributed by atoms with Gasteiger partial charge < -0.3 is 4.90 Å². The fourth-order valence-electron chi connectivity index (χ4n) is 5.70. The van der Waals surface area contributed by atoms with Crippen LogP contribution in [0, 0.1) is 12.7 Å². The molecule has 0 aromatic heterocycles. The van der Waals surface area contributed by atoms with E-state index < -0.39 is 5.41 Å². The topological polar surface area (TPSA) is 57.7 Å². The summed E-state index contributed by atoms with van der Waals surface area (Å²) in [6.07, 6.45) is 0.536. The minimum Gasteiger partial charge on any atom is -0.342 e. The normalized spacial score (nSPS) is 21.9. The van der Waals surface area contributed by atoms with E-state index in [1.165, 1.54) is 11.0 Å². The number of amides is 3. The predicted octanol–water partition coefficient (Wildman–Crippen LogP) is 4.74. The highest BCUT2D eigenvalue weighted by atomic mass is 19.1. The van der Waals surface area contributed by atoms with E-state index in [4.69, 9.17) is 0 Å². The number of halogens is 1. The van der Waals surface area contributed by atoms with Crippen molar-refractivity contribution >= 4 is 17.7 Å². The molecule has 2 unspecified atom stereocenters. The lowest BCUT2D eigenvalue weighted by molar-refractivity contribution is -0.143. The Bertz CT molecular complexity index is 1310. The number of likely N-dealkylation sites (tertiary alicyclic amines) is 2. The summed E-state index contributed by atoms with van der Waals surface area (Å²) in [7, 11) is 0. The molecule has 0 radical (unpaired) electrons. The molecule has 5 rings (SSSR count). The molecule has 0 spiro atoms. The summed E-state index contributed by atoms with van der Waals surface area (Å²) in [5, 5.41) is 0. The third-order valence-electron chi connectivity index (χ3n) is 7.59. The fraction of sp³-hybridized carbons (Fsp3) is 0.300. The van der Waals surface area contributed by atoms with Crippen LogP contribution < -0.4 is 0 Å². The summed E-state index contributed by atoms with van der Waals surface area (Å²) in [6.45, 7) is 2.99. The second-order valence-electron chi connectivity index (χ2n) is 9.87. The zero-order valence-electron chi connectivity index (χ0n) is 20.3. The van der Waals surface area contributed by atoms with Gasteiger partial charge in [0.2, 0.25) is 17.7 Å². The minimum atomic E-state index is -1.25. The van der Waals surface area contributed by atoms with Crippen molar-refractivity contribution in [2.75, 3.05) is 13.1 Å². The van der Waals surface area contributed by atoms with Gasteiger partial charge in [-0.1, -0.05) is 72.8 Å². The molecule has 5 nitrogen and oxygen atoms in total. The lowest BCUT2D eigenvalue weighted by Gasteiger charge is -2.30. The summed E-state index contributed by atoms with van der Waals surface area (Å²) >= 11 is 0. The van der Waals surface area contributed by atoms with E-state index in [2.05, 4.69) is 0 Å². The van der Waals surface area contributed by atoms with Crippen LogP contribution in [0.15, 0.2) is 78.9 Å². The van der Waals surface area contributed by atoms with Gasteiger partial charge >= 0.3 is 0 Å². The van der Waals surface area contributed by atoms with Crippen molar-refractivity contribution in [2.45, 2.75) is 44.1 Å². The molecule has 2 fully saturated rings. The molecule has 3 amide bonds. The lowest BCUT2D eigenvalue weighted by atomic mass is 9.74. The minimum absolute atomic E-state index is 0.0418. The van der Waals surface area contributed by atoms with Crippen LogP contribution in [0.3, 0.4) is 0 Å². The zero-order valence-corrected chi connectivity index (χ0v) is 20.3. The van der Waals surface area contributed by atoms with Crippen molar-refractivity contribution in [1.29, 1.82) is 0 Å². The number of imide groups is 1. The first-order valence-electron chi connectivity index (χ1n) is 12.4. The number of aryl methyl sites for hydroxylation is 1. The van der Waals surface area contributed by atoms with E-state index >= 15 is 0 Å². The number of hydrogen-bond acceptors (Lipinski definition) is 3. The first-order chi connectivity index (χ1) is 17.4. The highest BCUT2D eigenvalue weighted by Gasteiger charge is 2.54. The number of carbonyl (C=O) groups excluding carboxylic acids is 3. The van der Waals surface area contributed by atoms with Gasteiger partial charge in [-0.3, -0.25) is 19.3 Å². The summed E-state index contributed by atoms with van der Waals surface area (Å²) in [5.41, 5.74) is 1.82. The summed E-state index contributed by atoms with van der Waals surface area (Å²) in [4.78, 5) is 43.8. The van der Waals surface area contributed by atoms with Crippen LogP contribution in [0.25, 0.3) is 0 Å². The number of benzene rings is 3. The third-order valence-corrected chi connectivity index (χ3v) is 7.59. The van der Waals surface area contributed by atoms with Gasteiger partial charge in [0.05, 0.1) is 12.0 Å². The molecular formula is C30H29FN2O3. The van der Waals surface area contributed by atoms with Crippen molar-refractivity contribution in [3.8, 4) is 0 Å². The molecule has 3 aromatic rings. The van der Waals surface area contributed by atoms with E-state index in [0.29, 0.717) is 25.1 Å². The Morgan fingerprint density at radius 3 is 2.42 bits per heavy atom. The summed E-state index contributed by atoms with van der Waals surface area (Å²) in [5.74, 6) is -1.13. The molecule has 2 atom stereocenters. The maximum atomic E-state index is 14.3. The van der Waals surface area contributed by atoms with Gasteiger partial charge in [0.1, 0.15) is 5.82 Å². The number of carbonyl (C=O) groups is 3. The van der Waals surface area contributed by atoms with E-state index in [9.17, 15) is 18.8 Å². The molecule has 2 saturated heterocycles. The number of nitrogens with zero attached hydrogens (tertiary/aromatic N) is 2. The monoisotopic (exact) mass is 484 g/mol. The standard InChI is InChI=1S/C30H29FN2O3/c1-21-9-5-7-13-25(21)30(18-28(35)33(29(30)36)19-22-10-3-2-4-11-22)17-27(34)32-16-15-23(20-32)24-12-6-8-14-26(24)31/h2-14,23H,15-20H2,1H3. The second kappa shape index (κ2) is 9.69. The summed E-state index contributed by atoms with van der Waals surface area (Å²) < 4.78 is 14.3.